The number of hydrogen-bond donors (Lipinski definition) is 2. The Balaban J connectivity index is 1.56. The van der Waals surface area contributed by atoms with Crippen molar-refractivity contribution in [3.63, 3.8) is 0 Å². The number of piperidine rings is 1. The van der Waals surface area contributed by atoms with Gasteiger partial charge in [0.05, 0.1) is 35.2 Å². The van der Waals surface area contributed by atoms with Crippen molar-refractivity contribution in [2.45, 2.75) is 32.2 Å². The zero-order valence-corrected chi connectivity index (χ0v) is 22.1. The molecule has 1 amide bonds. The lowest BCUT2D eigenvalue weighted by molar-refractivity contribution is 0.00159. The van der Waals surface area contributed by atoms with Crippen molar-refractivity contribution in [1.82, 2.24) is 19.8 Å². The molecule has 2 fully saturated rings. The van der Waals surface area contributed by atoms with Gasteiger partial charge in [0.1, 0.15) is 6.33 Å². The van der Waals surface area contributed by atoms with E-state index in [1.807, 2.05) is 17.9 Å². The topological polar surface area (TPSA) is 111 Å². The summed E-state index contributed by atoms with van der Waals surface area (Å²) in [5.74, 6) is -0.0407. The quantitative estimate of drug-likeness (QED) is 0.534. The second-order valence-electron chi connectivity index (χ2n) is 9.29. The summed E-state index contributed by atoms with van der Waals surface area (Å²) < 4.78 is 5.47. The van der Waals surface area contributed by atoms with Crippen LogP contribution in [0, 0.1) is 0 Å². The van der Waals surface area contributed by atoms with E-state index in [-0.39, 0.29) is 5.91 Å². The second kappa shape index (κ2) is 12.4. The highest BCUT2D eigenvalue weighted by Gasteiger charge is 2.29. The van der Waals surface area contributed by atoms with Crippen LogP contribution in [-0.4, -0.2) is 71.1 Å². The van der Waals surface area contributed by atoms with Crippen LogP contribution >= 0.6 is 11.6 Å². The number of hydrogen-bond acceptors (Lipinski definition) is 7. The van der Waals surface area contributed by atoms with Crippen LogP contribution in [0.25, 0.3) is 16.8 Å². The fourth-order valence-corrected chi connectivity index (χ4v) is 5.28. The van der Waals surface area contributed by atoms with Gasteiger partial charge in [0.15, 0.2) is 0 Å². The number of morpholine rings is 1. The highest BCUT2D eigenvalue weighted by molar-refractivity contribution is 6.34. The maximum Gasteiger partial charge on any atom is 0.255 e. The highest BCUT2D eigenvalue weighted by Crippen LogP contribution is 2.33. The number of rotatable bonds is 7. The molecule has 37 heavy (non-hydrogen) atoms. The van der Waals surface area contributed by atoms with Gasteiger partial charge in [-0.2, -0.15) is 0 Å². The smallest absolute Gasteiger partial charge is 0.255 e. The van der Waals surface area contributed by atoms with Gasteiger partial charge in [-0.1, -0.05) is 37.2 Å². The summed E-state index contributed by atoms with van der Waals surface area (Å²) in [6.45, 7) is 10.7. The molecule has 3 heterocycles. The Morgan fingerprint density at radius 1 is 1.19 bits per heavy atom. The first-order valence-corrected chi connectivity index (χ1v) is 13.1. The fraction of sp³-hybridized carbons (Fsp3) is 0.393. The third-order valence-electron chi connectivity index (χ3n) is 6.99. The zero-order valence-electron chi connectivity index (χ0n) is 21.3. The molecule has 0 atom stereocenters. The number of allylic oxidation sites excluding steroid dienone is 3. The van der Waals surface area contributed by atoms with Gasteiger partial charge in [0.2, 0.25) is 0 Å². The van der Waals surface area contributed by atoms with Gasteiger partial charge < -0.3 is 21.1 Å². The molecule has 0 saturated carbocycles. The Bertz CT molecular complexity index is 1200. The Kier molecular flexibility index (Phi) is 8.97. The number of nitrogens with two attached hydrogens (primary N) is 2. The van der Waals surface area contributed by atoms with E-state index >= 15 is 0 Å². The highest BCUT2D eigenvalue weighted by atomic mass is 35.5. The minimum Gasteiger partial charge on any atom is -0.404 e. The van der Waals surface area contributed by atoms with E-state index in [9.17, 15) is 4.79 Å². The van der Waals surface area contributed by atoms with Crippen LogP contribution in [0.2, 0.25) is 5.02 Å². The van der Waals surface area contributed by atoms with Crippen molar-refractivity contribution in [2.24, 2.45) is 11.5 Å². The number of nitrogens with zero attached hydrogens (tertiary/aromatic N) is 4. The number of carbonyl (C=O) groups excluding carboxylic acids is 1. The lowest BCUT2D eigenvalue weighted by atomic mass is 9.95. The number of carbonyl (C=O) groups is 1. The average Bonchev–Trinajstić information content (AvgIpc) is 2.93. The maximum atomic E-state index is 13.3. The monoisotopic (exact) mass is 522 g/mol. The lowest BCUT2D eigenvalue weighted by Gasteiger charge is -2.40. The Morgan fingerprint density at radius 2 is 1.92 bits per heavy atom. The molecule has 196 valence electrons. The molecule has 9 heteroatoms. The fourth-order valence-electron chi connectivity index (χ4n) is 5.01. The van der Waals surface area contributed by atoms with Crippen molar-refractivity contribution >= 4 is 23.1 Å². The molecule has 1 aromatic carbocycles. The molecule has 2 saturated heterocycles. The summed E-state index contributed by atoms with van der Waals surface area (Å²) in [6.07, 6.45) is 9.12. The predicted octanol–water partition coefficient (Wildman–Crippen LogP) is 3.62. The molecule has 8 nitrogen and oxygen atoms in total. The van der Waals surface area contributed by atoms with Crippen molar-refractivity contribution in [3.8, 4) is 11.3 Å². The van der Waals surface area contributed by atoms with Crippen LogP contribution in [0.1, 0.15) is 41.4 Å². The number of benzene rings is 1. The van der Waals surface area contributed by atoms with Crippen LogP contribution in [-0.2, 0) is 11.2 Å². The standard InChI is InChI=1S/C28H35ClN6O2/c1-3-25-26(21(17-30)5-4-19(2)31)27(33-18-32-25)20-6-7-23(24(29)16-20)28(36)35-10-8-22(9-11-35)34-12-14-37-15-13-34/h4-7,16-18,22H,2-3,8-15,30-31H2,1H3/b5-4-,21-17+. The van der Waals surface area contributed by atoms with Crippen LogP contribution in [0.15, 0.2) is 55.2 Å². The molecule has 2 aliphatic heterocycles. The summed E-state index contributed by atoms with van der Waals surface area (Å²) in [6, 6.07) is 5.96. The summed E-state index contributed by atoms with van der Waals surface area (Å²) in [7, 11) is 0. The van der Waals surface area contributed by atoms with Gasteiger partial charge in [-0.25, -0.2) is 9.97 Å². The molecule has 0 bridgehead atoms. The van der Waals surface area contributed by atoms with Crippen LogP contribution in [0.3, 0.4) is 0 Å². The normalized spacial score (nSPS) is 17.9. The number of likely N-dealkylation sites (tertiary alicyclic amines) is 1. The van der Waals surface area contributed by atoms with E-state index < -0.39 is 0 Å². The van der Waals surface area contributed by atoms with E-state index in [2.05, 4.69) is 21.4 Å². The number of amides is 1. The van der Waals surface area contributed by atoms with Crippen molar-refractivity contribution in [2.75, 3.05) is 39.4 Å². The molecule has 4 rings (SSSR count). The minimum atomic E-state index is -0.0407. The van der Waals surface area contributed by atoms with Gasteiger partial charge in [0, 0.05) is 60.8 Å². The van der Waals surface area contributed by atoms with E-state index in [1.54, 1.807) is 24.3 Å². The second-order valence-corrected chi connectivity index (χ2v) is 9.70. The first-order valence-electron chi connectivity index (χ1n) is 12.7. The molecule has 0 aliphatic carbocycles. The maximum absolute atomic E-state index is 13.3. The molecule has 2 aliphatic rings. The minimum absolute atomic E-state index is 0.0407. The lowest BCUT2D eigenvalue weighted by Crippen LogP contribution is -2.50. The number of aryl methyl sites for hydroxylation is 1. The largest absolute Gasteiger partial charge is 0.404 e. The number of aromatic nitrogens is 2. The van der Waals surface area contributed by atoms with E-state index in [0.717, 1.165) is 74.6 Å². The van der Waals surface area contributed by atoms with Gasteiger partial charge in [-0.3, -0.25) is 9.69 Å². The van der Waals surface area contributed by atoms with Crippen LogP contribution in [0.5, 0.6) is 0 Å². The summed E-state index contributed by atoms with van der Waals surface area (Å²) >= 11 is 6.69. The van der Waals surface area contributed by atoms with Crippen molar-refractivity contribution < 1.29 is 9.53 Å². The molecule has 0 spiro atoms. The first-order chi connectivity index (χ1) is 17.9. The van der Waals surface area contributed by atoms with E-state index in [0.29, 0.717) is 34.4 Å². The summed E-state index contributed by atoms with van der Waals surface area (Å²) in [5, 5.41) is 0.393. The SMILES string of the molecule is C=C(N)/C=C\C(=C/N)c1c(CC)ncnc1-c1ccc(C(=O)N2CCC(N3CCOCC3)CC2)c(Cl)c1. The third kappa shape index (κ3) is 6.21. The number of ether oxygens (including phenoxy) is 1. The Hall–Kier alpha value is -3.20. The van der Waals surface area contributed by atoms with Gasteiger partial charge >= 0.3 is 0 Å². The van der Waals surface area contributed by atoms with Crippen LogP contribution in [0.4, 0.5) is 0 Å². The predicted molar refractivity (Wildman–Crippen MR) is 148 cm³/mol. The van der Waals surface area contributed by atoms with Crippen LogP contribution < -0.4 is 11.5 Å². The zero-order chi connectivity index (χ0) is 26.4. The molecule has 0 radical (unpaired) electrons. The Morgan fingerprint density at radius 3 is 2.54 bits per heavy atom. The van der Waals surface area contributed by atoms with Crippen molar-refractivity contribution in [1.29, 1.82) is 0 Å². The third-order valence-corrected chi connectivity index (χ3v) is 7.31. The summed E-state index contributed by atoms with van der Waals surface area (Å²) in [5.41, 5.74) is 16.4. The van der Waals surface area contributed by atoms with E-state index in [4.69, 9.17) is 27.8 Å². The Labute approximate surface area is 223 Å². The molecule has 1 aromatic heterocycles. The molecular weight excluding hydrogens is 488 g/mol. The van der Waals surface area contributed by atoms with Crippen molar-refractivity contribution in [3.05, 3.63) is 77.0 Å². The molecule has 0 unspecified atom stereocenters. The van der Waals surface area contributed by atoms with Gasteiger partial charge in [-0.15, -0.1) is 0 Å². The van der Waals surface area contributed by atoms with Gasteiger partial charge in [0.25, 0.3) is 5.91 Å². The molecule has 2 aromatic rings. The molecular formula is C28H35ClN6O2. The average molecular weight is 523 g/mol. The first kappa shape index (κ1) is 26.9. The van der Waals surface area contributed by atoms with Gasteiger partial charge in [-0.05, 0) is 37.5 Å². The van der Waals surface area contributed by atoms with E-state index in [1.165, 1.54) is 12.5 Å². The number of halogens is 1. The molecule has 4 N–H and O–H groups in total. The summed E-state index contributed by atoms with van der Waals surface area (Å²) in [4.78, 5) is 26.7.